The maximum atomic E-state index is 12.9. The lowest BCUT2D eigenvalue weighted by atomic mass is 10.1. The molecule has 0 amide bonds. The maximum absolute atomic E-state index is 12.9. The molecule has 0 spiro atoms. The molecule has 0 unspecified atom stereocenters. The van der Waals surface area contributed by atoms with Gasteiger partial charge < -0.3 is 9.84 Å². The fraction of sp³-hybridized carbons (Fsp3) is 0.400. The lowest BCUT2D eigenvalue weighted by molar-refractivity contribution is -0.387. The smallest absolute Gasteiger partial charge is 0.323 e. The van der Waals surface area contributed by atoms with Gasteiger partial charge in [0.2, 0.25) is 5.75 Å². The van der Waals surface area contributed by atoms with Gasteiger partial charge in [0.05, 0.1) is 29.8 Å². The Hall–Kier alpha value is -2.32. The molecule has 104 valence electrons. The van der Waals surface area contributed by atoms with Crippen LogP contribution in [-0.2, 0) is 16.0 Å². The molecule has 0 aliphatic carbocycles. The SMILES string of the molecule is CCOC(=O)Cc1ncc(O)c([N+](=O)[O-])c1C(F)F. The Labute approximate surface area is 106 Å². The Bertz CT molecular complexity index is 507. The summed E-state index contributed by atoms with van der Waals surface area (Å²) in [5.74, 6) is -1.82. The van der Waals surface area contributed by atoms with Crippen molar-refractivity contribution in [2.45, 2.75) is 19.8 Å². The van der Waals surface area contributed by atoms with Gasteiger partial charge in [-0.05, 0) is 6.92 Å². The van der Waals surface area contributed by atoms with Crippen molar-refractivity contribution >= 4 is 11.7 Å². The number of aromatic hydroxyl groups is 1. The molecule has 0 radical (unpaired) electrons. The summed E-state index contributed by atoms with van der Waals surface area (Å²) in [7, 11) is 0. The molecule has 0 aromatic carbocycles. The molecule has 0 aliphatic heterocycles. The predicted octanol–water partition coefficient (Wildman–Crippen LogP) is 1.74. The lowest BCUT2D eigenvalue weighted by Gasteiger charge is -2.09. The minimum atomic E-state index is -3.25. The standard InChI is InChI=1S/C10H10F2N2O5/c1-2-19-7(16)3-5-8(10(11)12)9(14(17)18)6(15)4-13-5/h4,10,15H,2-3H2,1H3. The van der Waals surface area contributed by atoms with E-state index < -0.39 is 46.4 Å². The van der Waals surface area contributed by atoms with Crippen LogP contribution in [0.25, 0.3) is 0 Å². The number of hydrogen-bond donors (Lipinski definition) is 1. The number of aromatic nitrogens is 1. The molecule has 7 nitrogen and oxygen atoms in total. The highest BCUT2D eigenvalue weighted by atomic mass is 19.3. The fourth-order valence-corrected chi connectivity index (χ4v) is 1.46. The molecule has 1 aromatic heterocycles. The summed E-state index contributed by atoms with van der Waals surface area (Å²) < 4.78 is 30.3. The van der Waals surface area contributed by atoms with Gasteiger partial charge in [0.15, 0.2) is 0 Å². The van der Waals surface area contributed by atoms with E-state index in [0.29, 0.717) is 6.20 Å². The molecule has 0 atom stereocenters. The average Bonchev–Trinajstić information content (AvgIpc) is 2.30. The van der Waals surface area contributed by atoms with Crippen LogP contribution in [0.3, 0.4) is 0 Å². The van der Waals surface area contributed by atoms with Gasteiger partial charge in [0.25, 0.3) is 6.43 Å². The minimum absolute atomic E-state index is 0.0447. The Morgan fingerprint density at radius 3 is 2.74 bits per heavy atom. The summed E-state index contributed by atoms with van der Waals surface area (Å²) in [4.78, 5) is 24.2. The van der Waals surface area contributed by atoms with Crippen molar-refractivity contribution in [1.29, 1.82) is 0 Å². The first-order valence-electron chi connectivity index (χ1n) is 5.17. The molecule has 1 heterocycles. The van der Waals surface area contributed by atoms with Crippen molar-refractivity contribution in [2.24, 2.45) is 0 Å². The van der Waals surface area contributed by atoms with Gasteiger partial charge in [-0.2, -0.15) is 0 Å². The Morgan fingerprint density at radius 1 is 1.63 bits per heavy atom. The average molecular weight is 276 g/mol. The van der Waals surface area contributed by atoms with Crippen LogP contribution in [0.2, 0.25) is 0 Å². The number of alkyl halides is 2. The molecule has 19 heavy (non-hydrogen) atoms. The van der Waals surface area contributed by atoms with Crippen LogP contribution >= 0.6 is 0 Å². The second kappa shape index (κ2) is 6.03. The monoisotopic (exact) mass is 276 g/mol. The molecular weight excluding hydrogens is 266 g/mol. The van der Waals surface area contributed by atoms with Crippen LogP contribution in [0.1, 0.15) is 24.6 Å². The van der Waals surface area contributed by atoms with Gasteiger partial charge in [-0.1, -0.05) is 0 Å². The maximum Gasteiger partial charge on any atom is 0.323 e. The van der Waals surface area contributed by atoms with Crippen LogP contribution in [-0.4, -0.2) is 27.6 Å². The minimum Gasteiger partial charge on any atom is -0.501 e. The highest BCUT2D eigenvalue weighted by molar-refractivity contribution is 5.73. The first-order valence-corrected chi connectivity index (χ1v) is 5.17. The van der Waals surface area contributed by atoms with Crippen molar-refractivity contribution in [3.05, 3.63) is 27.6 Å². The van der Waals surface area contributed by atoms with E-state index in [0.717, 1.165) is 0 Å². The summed E-state index contributed by atoms with van der Waals surface area (Å²) in [5.41, 5.74) is -2.71. The third-order valence-corrected chi connectivity index (χ3v) is 2.17. The van der Waals surface area contributed by atoms with Gasteiger partial charge >= 0.3 is 11.7 Å². The van der Waals surface area contributed by atoms with E-state index in [2.05, 4.69) is 9.72 Å². The first kappa shape index (κ1) is 14.7. The number of hydrogen-bond acceptors (Lipinski definition) is 6. The van der Waals surface area contributed by atoms with E-state index >= 15 is 0 Å². The highest BCUT2D eigenvalue weighted by Crippen LogP contribution is 2.37. The van der Waals surface area contributed by atoms with Crippen molar-refractivity contribution in [1.82, 2.24) is 4.98 Å². The van der Waals surface area contributed by atoms with E-state index in [9.17, 15) is 28.8 Å². The lowest BCUT2D eigenvalue weighted by Crippen LogP contribution is -2.12. The molecule has 0 saturated carbocycles. The second-order valence-corrected chi connectivity index (χ2v) is 3.39. The van der Waals surface area contributed by atoms with Crippen LogP contribution in [0.4, 0.5) is 14.5 Å². The largest absolute Gasteiger partial charge is 0.501 e. The first-order chi connectivity index (χ1) is 8.88. The summed E-state index contributed by atoms with van der Waals surface area (Å²) in [6, 6.07) is 0. The molecule has 1 rings (SSSR count). The number of ether oxygens (including phenoxy) is 1. The van der Waals surface area contributed by atoms with Crippen LogP contribution < -0.4 is 0 Å². The van der Waals surface area contributed by atoms with Gasteiger partial charge in [0, 0.05) is 0 Å². The molecule has 0 fully saturated rings. The predicted molar refractivity (Wildman–Crippen MR) is 57.9 cm³/mol. The van der Waals surface area contributed by atoms with E-state index in [1.54, 1.807) is 0 Å². The molecular formula is C10H10F2N2O5. The number of carbonyl (C=O) groups excluding carboxylic acids is 1. The van der Waals surface area contributed by atoms with Crippen molar-refractivity contribution < 1.29 is 28.3 Å². The quantitative estimate of drug-likeness (QED) is 0.499. The number of nitro groups is 1. The summed E-state index contributed by atoms with van der Waals surface area (Å²) in [6.07, 6.45) is -3.22. The zero-order valence-electron chi connectivity index (χ0n) is 9.80. The van der Waals surface area contributed by atoms with Crippen LogP contribution in [0.5, 0.6) is 5.75 Å². The number of esters is 1. The fourth-order valence-electron chi connectivity index (χ4n) is 1.46. The number of carbonyl (C=O) groups is 1. The number of rotatable bonds is 5. The molecule has 0 saturated heterocycles. The Kier molecular flexibility index (Phi) is 4.67. The van der Waals surface area contributed by atoms with Crippen LogP contribution in [0.15, 0.2) is 6.20 Å². The zero-order chi connectivity index (χ0) is 14.6. The van der Waals surface area contributed by atoms with E-state index in [4.69, 9.17) is 0 Å². The van der Waals surface area contributed by atoms with Crippen molar-refractivity contribution in [3.63, 3.8) is 0 Å². The van der Waals surface area contributed by atoms with Crippen LogP contribution in [0, 0.1) is 10.1 Å². The molecule has 9 heteroatoms. The summed E-state index contributed by atoms with van der Waals surface area (Å²) in [5, 5.41) is 19.9. The number of pyridine rings is 1. The van der Waals surface area contributed by atoms with E-state index in [1.807, 2.05) is 0 Å². The second-order valence-electron chi connectivity index (χ2n) is 3.39. The van der Waals surface area contributed by atoms with Gasteiger partial charge in [-0.3, -0.25) is 19.9 Å². The highest BCUT2D eigenvalue weighted by Gasteiger charge is 2.31. The number of nitrogens with zero attached hydrogens (tertiary/aromatic N) is 2. The van der Waals surface area contributed by atoms with Gasteiger partial charge in [0.1, 0.15) is 5.56 Å². The number of halogens is 2. The summed E-state index contributed by atoms with van der Waals surface area (Å²) in [6.45, 7) is 1.57. The molecule has 1 aromatic rings. The van der Waals surface area contributed by atoms with Crippen molar-refractivity contribution in [3.8, 4) is 5.75 Å². The van der Waals surface area contributed by atoms with Gasteiger partial charge in [-0.25, -0.2) is 8.78 Å². The Balaban J connectivity index is 3.28. The van der Waals surface area contributed by atoms with E-state index in [-0.39, 0.29) is 6.61 Å². The van der Waals surface area contributed by atoms with Gasteiger partial charge in [-0.15, -0.1) is 0 Å². The normalized spacial score (nSPS) is 10.5. The Morgan fingerprint density at radius 2 is 2.26 bits per heavy atom. The zero-order valence-corrected chi connectivity index (χ0v) is 9.80. The molecule has 0 bridgehead atoms. The summed E-state index contributed by atoms with van der Waals surface area (Å²) >= 11 is 0. The van der Waals surface area contributed by atoms with E-state index in [1.165, 1.54) is 6.92 Å². The molecule has 0 aliphatic rings. The van der Waals surface area contributed by atoms with Crippen molar-refractivity contribution in [2.75, 3.05) is 6.61 Å². The topological polar surface area (TPSA) is 103 Å². The molecule has 1 N–H and O–H groups in total. The third-order valence-electron chi connectivity index (χ3n) is 2.17. The third kappa shape index (κ3) is 3.33.